The highest BCUT2D eigenvalue weighted by Gasteiger charge is 2.27. The van der Waals surface area contributed by atoms with Gasteiger partial charge < -0.3 is 4.90 Å². The van der Waals surface area contributed by atoms with Gasteiger partial charge in [-0.3, -0.25) is 0 Å². The van der Waals surface area contributed by atoms with Crippen molar-refractivity contribution in [2.75, 3.05) is 43.4 Å². The molecule has 0 unspecified atom stereocenters. The summed E-state index contributed by atoms with van der Waals surface area (Å²) < 4.78 is 54.5. The molecule has 164 valence electrons. The van der Waals surface area contributed by atoms with Crippen molar-refractivity contribution in [3.05, 3.63) is 72.8 Å². The minimum atomic E-state index is -3.79. The van der Waals surface area contributed by atoms with E-state index in [1.54, 1.807) is 12.1 Å². The molecule has 9 heteroatoms. The fourth-order valence-corrected chi connectivity index (χ4v) is 6.25. The van der Waals surface area contributed by atoms with Crippen LogP contribution in [0.5, 0.6) is 0 Å². The minimum absolute atomic E-state index is 0.125. The van der Waals surface area contributed by atoms with Gasteiger partial charge in [0.2, 0.25) is 20.0 Å². The lowest BCUT2D eigenvalue weighted by molar-refractivity contribution is 0.385. The molecule has 0 radical (unpaired) electrons. The van der Waals surface area contributed by atoms with Gasteiger partial charge in [-0.2, -0.15) is 4.31 Å². The molecule has 3 aromatic carbocycles. The van der Waals surface area contributed by atoms with Crippen LogP contribution in [0.4, 0.5) is 5.69 Å². The van der Waals surface area contributed by atoms with Gasteiger partial charge in [0.05, 0.1) is 10.6 Å². The number of nitrogens with zero attached hydrogens (tertiary/aromatic N) is 2. The Labute approximate surface area is 183 Å². The van der Waals surface area contributed by atoms with Crippen molar-refractivity contribution in [1.82, 2.24) is 9.03 Å². The maximum absolute atomic E-state index is 12.7. The lowest BCUT2D eigenvalue weighted by Gasteiger charge is -2.35. The van der Waals surface area contributed by atoms with Gasteiger partial charge >= 0.3 is 0 Å². The predicted octanol–water partition coefficient (Wildman–Crippen LogP) is 2.27. The van der Waals surface area contributed by atoms with Crippen molar-refractivity contribution in [2.45, 2.75) is 4.90 Å². The van der Waals surface area contributed by atoms with Gasteiger partial charge in [-0.15, -0.1) is 0 Å². The minimum Gasteiger partial charge on any atom is -0.369 e. The van der Waals surface area contributed by atoms with E-state index in [9.17, 15) is 16.8 Å². The van der Waals surface area contributed by atoms with Crippen LogP contribution in [-0.4, -0.2) is 59.6 Å². The normalized spacial score (nSPS) is 15.9. The Hall–Kier alpha value is -2.46. The lowest BCUT2D eigenvalue weighted by atomic mass is 10.1. The average Bonchev–Trinajstić information content (AvgIpc) is 2.79. The molecule has 1 saturated heterocycles. The quantitative estimate of drug-likeness (QED) is 0.586. The summed E-state index contributed by atoms with van der Waals surface area (Å²) >= 11 is 0. The number of sulfonamides is 2. The van der Waals surface area contributed by atoms with Crippen LogP contribution in [-0.2, 0) is 20.0 Å². The zero-order valence-electron chi connectivity index (χ0n) is 17.0. The van der Waals surface area contributed by atoms with E-state index in [1.807, 2.05) is 54.6 Å². The Morgan fingerprint density at radius 1 is 0.742 bits per heavy atom. The maximum Gasteiger partial charge on any atom is 0.240 e. The number of benzene rings is 3. The van der Waals surface area contributed by atoms with Gasteiger partial charge in [0.1, 0.15) is 0 Å². The molecule has 0 saturated carbocycles. The predicted molar refractivity (Wildman–Crippen MR) is 123 cm³/mol. The van der Waals surface area contributed by atoms with E-state index in [1.165, 1.54) is 10.4 Å². The second kappa shape index (κ2) is 8.96. The van der Waals surface area contributed by atoms with Crippen molar-refractivity contribution < 1.29 is 16.8 Å². The topological polar surface area (TPSA) is 86.8 Å². The third kappa shape index (κ3) is 5.07. The van der Waals surface area contributed by atoms with E-state index in [4.69, 9.17) is 0 Å². The molecule has 0 spiro atoms. The fraction of sp³-hybridized carbons (Fsp3) is 0.273. The number of fused-ring (bicyclic) bond motifs is 1. The second-order valence-electron chi connectivity index (χ2n) is 7.44. The lowest BCUT2D eigenvalue weighted by Crippen LogP contribution is -2.50. The van der Waals surface area contributed by atoms with Crippen molar-refractivity contribution in [2.24, 2.45) is 0 Å². The van der Waals surface area contributed by atoms with Crippen LogP contribution < -0.4 is 9.62 Å². The monoisotopic (exact) mass is 459 g/mol. The van der Waals surface area contributed by atoms with Crippen molar-refractivity contribution in [3.63, 3.8) is 0 Å². The SMILES string of the molecule is O=S(=O)(NCCS(=O)(=O)N1CCN(c2ccccc2)CC1)c1ccc2ccccc2c1. The molecule has 1 heterocycles. The number of piperazine rings is 1. The van der Waals surface area contributed by atoms with Crippen molar-refractivity contribution in [1.29, 1.82) is 0 Å². The molecule has 0 amide bonds. The van der Waals surface area contributed by atoms with E-state index in [0.717, 1.165) is 16.5 Å². The first kappa shape index (κ1) is 21.8. The molecule has 7 nitrogen and oxygen atoms in total. The van der Waals surface area contributed by atoms with Crippen LogP contribution in [0.15, 0.2) is 77.7 Å². The van der Waals surface area contributed by atoms with Crippen LogP contribution >= 0.6 is 0 Å². The standard InChI is InChI=1S/C22H25N3O4S2/c26-30(27,25-15-13-24(14-16-25)21-8-2-1-3-9-21)17-12-23-31(28,29)22-11-10-19-6-4-5-7-20(19)18-22/h1-11,18,23H,12-17H2. The molecule has 1 fully saturated rings. The fourth-order valence-electron chi connectivity index (χ4n) is 3.72. The summed E-state index contributed by atoms with van der Waals surface area (Å²) in [6, 6.07) is 22.2. The summed E-state index contributed by atoms with van der Waals surface area (Å²) in [6.07, 6.45) is 0. The maximum atomic E-state index is 12.7. The molecule has 1 aliphatic rings. The number of para-hydroxylation sites is 1. The molecule has 1 aliphatic heterocycles. The molecule has 0 aliphatic carbocycles. The summed E-state index contributed by atoms with van der Waals surface area (Å²) in [7, 11) is -7.34. The molecule has 0 atom stereocenters. The molecular formula is C22H25N3O4S2. The van der Waals surface area contributed by atoms with Crippen LogP contribution in [0.3, 0.4) is 0 Å². The van der Waals surface area contributed by atoms with Gasteiger partial charge in [0.25, 0.3) is 0 Å². The van der Waals surface area contributed by atoms with Gasteiger partial charge in [-0.05, 0) is 35.0 Å². The van der Waals surface area contributed by atoms with Gasteiger partial charge in [0, 0.05) is 38.4 Å². The van der Waals surface area contributed by atoms with Crippen LogP contribution in [0.1, 0.15) is 0 Å². The molecule has 4 rings (SSSR count). The highest BCUT2D eigenvalue weighted by molar-refractivity contribution is 7.90. The molecule has 31 heavy (non-hydrogen) atoms. The number of nitrogens with one attached hydrogen (secondary N) is 1. The van der Waals surface area contributed by atoms with E-state index >= 15 is 0 Å². The van der Waals surface area contributed by atoms with Crippen LogP contribution in [0.25, 0.3) is 10.8 Å². The van der Waals surface area contributed by atoms with Crippen molar-refractivity contribution in [3.8, 4) is 0 Å². The third-order valence-electron chi connectivity index (χ3n) is 5.44. The molecule has 1 N–H and O–H groups in total. The summed E-state index contributed by atoms with van der Waals surface area (Å²) in [5.41, 5.74) is 1.07. The number of hydrogen-bond donors (Lipinski definition) is 1. The van der Waals surface area contributed by atoms with Crippen molar-refractivity contribution >= 4 is 36.5 Å². The average molecular weight is 460 g/mol. The summed E-state index contributed by atoms with van der Waals surface area (Å²) in [5, 5.41) is 1.76. The van der Waals surface area contributed by atoms with Gasteiger partial charge in [-0.25, -0.2) is 21.6 Å². The Balaban J connectivity index is 1.34. The molecule has 0 bridgehead atoms. The Kier molecular flexibility index (Phi) is 6.29. The zero-order chi connectivity index (χ0) is 21.9. The molecule has 3 aromatic rings. The first-order chi connectivity index (χ1) is 14.9. The third-order valence-corrected chi connectivity index (χ3v) is 8.77. The van der Waals surface area contributed by atoms with Crippen LogP contribution in [0.2, 0.25) is 0 Å². The summed E-state index contributed by atoms with van der Waals surface area (Å²) in [5.74, 6) is -0.273. The summed E-state index contributed by atoms with van der Waals surface area (Å²) in [6.45, 7) is 1.80. The Morgan fingerprint density at radius 3 is 2.10 bits per heavy atom. The van der Waals surface area contributed by atoms with Crippen LogP contribution in [0, 0.1) is 0 Å². The van der Waals surface area contributed by atoms with Gasteiger partial charge in [-0.1, -0.05) is 48.5 Å². The zero-order valence-corrected chi connectivity index (χ0v) is 18.6. The second-order valence-corrected chi connectivity index (χ2v) is 11.3. The first-order valence-corrected chi connectivity index (χ1v) is 13.2. The highest BCUT2D eigenvalue weighted by atomic mass is 32.2. The van der Waals surface area contributed by atoms with E-state index in [-0.39, 0.29) is 17.2 Å². The number of hydrogen-bond acceptors (Lipinski definition) is 5. The van der Waals surface area contributed by atoms with E-state index in [0.29, 0.717) is 26.2 Å². The number of anilines is 1. The molecular weight excluding hydrogens is 434 g/mol. The summed E-state index contributed by atoms with van der Waals surface area (Å²) in [4.78, 5) is 2.27. The molecule has 0 aromatic heterocycles. The van der Waals surface area contributed by atoms with E-state index < -0.39 is 20.0 Å². The highest BCUT2D eigenvalue weighted by Crippen LogP contribution is 2.19. The first-order valence-electron chi connectivity index (χ1n) is 10.1. The Morgan fingerprint density at radius 2 is 1.39 bits per heavy atom. The largest absolute Gasteiger partial charge is 0.369 e. The van der Waals surface area contributed by atoms with E-state index in [2.05, 4.69) is 9.62 Å². The van der Waals surface area contributed by atoms with Gasteiger partial charge in [0.15, 0.2) is 0 Å². The smallest absolute Gasteiger partial charge is 0.240 e. The number of rotatable bonds is 7. The Bertz CT molecular complexity index is 1250.